The molecule has 0 aliphatic heterocycles. The van der Waals surface area contributed by atoms with E-state index in [2.05, 4.69) is 5.10 Å². The number of urea groups is 1. The lowest BCUT2D eigenvalue weighted by molar-refractivity contribution is -0.386. The average molecular weight is 255 g/mol. The maximum absolute atomic E-state index is 11.6. The summed E-state index contributed by atoms with van der Waals surface area (Å²) in [6, 6.07) is -1.85. The minimum atomic E-state index is -0.983. The molecule has 9 heteroatoms. The van der Waals surface area contributed by atoms with Gasteiger partial charge < -0.3 is 5.73 Å². The largest absolute Gasteiger partial charge is 0.351 e. The Kier molecular flexibility index (Phi) is 3.64. The van der Waals surface area contributed by atoms with Crippen LogP contribution in [0.5, 0.6) is 0 Å². The zero-order valence-corrected chi connectivity index (χ0v) is 10.1. The van der Waals surface area contributed by atoms with Crippen LogP contribution in [0.3, 0.4) is 0 Å². The summed E-state index contributed by atoms with van der Waals surface area (Å²) >= 11 is 0. The first kappa shape index (κ1) is 13.6. The van der Waals surface area contributed by atoms with E-state index in [1.165, 1.54) is 25.5 Å². The summed E-state index contributed by atoms with van der Waals surface area (Å²) in [6.07, 6.45) is 0. The van der Waals surface area contributed by atoms with Crippen molar-refractivity contribution in [1.82, 2.24) is 15.1 Å². The molecule has 0 saturated carbocycles. The zero-order chi connectivity index (χ0) is 14.0. The highest BCUT2D eigenvalue weighted by atomic mass is 16.6. The quantitative estimate of drug-likeness (QED) is 0.586. The number of primary amides is 1. The van der Waals surface area contributed by atoms with Crippen LogP contribution in [0, 0.1) is 24.0 Å². The van der Waals surface area contributed by atoms with Gasteiger partial charge in [-0.15, -0.1) is 0 Å². The lowest BCUT2D eigenvalue weighted by atomic mass is 10.3. The van der Waals surface area contributed by atoms with E-state index in [0.717, 1.165) is 0 Å². The van der Waals surface area contributed by atoms with Gasteiger partial charge in [0, 0.05) is 0 Å². The number of nitro groups is 1. The Morgan fingerprint density at radius 2 is 2.06 bits per heavy atom. The van der Waals surface area contributed by atoms with E-state index >= 15 is 0 Å². The van der Waals surface area contributed by atoms with Gasteiger partial charge in [0.1, 0.15) is 17.4 Å². The van der Waals surface area contributed by atoms with Crippen molar-refractivity contribution in [2.24, 2.45) is 5.73 Å². The normalized spacial score (nSPS) is 11.9. The third-order valence-electron chi connectivity index (χ3n) is 2.46. The third kappa shape index (κ3) is 2.44. The second-order valence-corrected chi connectivity index (χ2v) is 3.75. The first-order valence-corrected chi connectivity index (χ1v) is 5.06. The second kappa shape index (κ2) is 4.82. The molecule has 0 aromatic carbocycles. The zero-order valence-electron chi connectivity index (χ0n) is 10.1. The molecule has 1 aromatic heterocycles. The summed E-state index contributed by atoms with van der Waals surface area (Å²) in [6.45, 7) is 4.41. The van der Waals surface area contributed by atoms with E-state index in [1.54, 1.807) is 0 Å². The van der Waals surface area contributed by atoms with Crippen molar-refractivity contribution in [3.8, 4) is 0 Å². The molecule has 1 heterocycles. The summed E-state index contributed by atoms with van der Waals surface area (Å²) in [5.41, 5.74) is 5.12. The van der Waals surface area contributed by atoms with Gasteiger partial charge in [-0.25, -0.2) is 4.79 Å². The minimum absolute atomic E-state index is 0.145. The smallest absolute Gasteiger partial charge is 0.318 e. The third-order valence-corrected chi connectivity index (χ3v) is 2.46. The first-order chi connectivity index (χ1) is 8.25. The Morgan fingerprint density at radius 3 is 2.44 bits per heavy atom. The van der Waals surface area contributed by atoms with Crippen LogP contribution in [0.15, 0.2) is 0 Å². The number of nitrogens with zero attached hydrogens (tertiary/aromatic N) is 3. The number of carbonyl (C=O) groups is 2. The number of aromatic nitrogens is 2. The molecule has 0 bridgehead atoms. The number of hydrogen-bond donors (Lipinski definition) is 2. The summed E-state index contributed by atoms with van der Waals surface area (Å²) < 4.78 is 1.19. The molecule has 0 fully saturated rings. The average Bonchev–Trinajstić information content (AvgIpc) is 2.51. The predicted molar refractivity (Wildman–Crippen MR) is 60.8 cm³/mol. The number of nitrogens with one attached hydrogen (secondary N) is 1. The van der Waals surface area contributed by atoms with Gasteiger partial charge >= 0.3 is 11.7 Å². The van der Waals surface area contributed by atoms with Crippen LogP contribution in [0.1, 0.15) is 24.4 Å². The fourth-order valence-corrected chi connectivity index (χ4v) is 1.63. The Labute approximate surface area is 102 Å². The molecule has 1 aromatic rings. The highest BCUT2D eigenvalue weighted by molar-refractivity contribution is 5.95. The number of carbonyl (C=O) groups excluding carboxylic acids is 2. The van der Waals surface area contributed by atoms with E-state index in [4.69, 9.17) is 5.73 Å². The standard InChI is InChI=1S/C9H13N5O4/c1-4-7(14(17)18)5(2)13(12-4)6(3)8(15)11-9(10)16/h6H,1-3H3,(H3,10,11,15,16)/t6-/m1/s1. The van der Waals surface area contributed by atoms with E-state index in [1.807, 2.05) is 5.32 Å². The minimum Gasteiger partial charge on any atom is -0.351 e. The lowest BCUT2D eigenvalue weighted by Crippen LogP contribution is -2.39. The van der Waals surface area contributed by atoms with Crippen LogP contribution < -0.4 is 11.1 Å². The molecule has 3 N–H and O–H groups in total. The maximum atomic E-state index is 11.6. The molecule has 3 amide bonds. The van der Waals surface area contributed by atoms with Gasteiger partial charge in [-0.2, -0.15) is 5.10 Å². The highest BCUT2D eigenvalue weighted by Crippen LogP contribution is 2.24. The van der Waals surface area contributed by atoms with Crippen molar-refractivity contribution >= 4 is 17.6 Å². The molecular formula is C9H13N5O4. The Bertz CT molecular complexity index is 521. The molecular weight excluding hydrogens is 242 g/mol. The van der Waals surface area contributed by atoms with Crippen molar-refractivity contribution in [3.63, 3.8) is 0 Å². The van der Waals surface area contributed by atoms with Crippen molar-refractivity contribution in [3.05, 3.63) is 21.5 Å². The van der Waals surface area contributed by atoms with Crippen LogP contribution in [-0.2, 0) is 4.79 Å². The molecule has 0 saturated heterocycles. The molecule has 0 aliphatic rings. The number of rotatable bonds is 3. The Morgan fingerprint density at radius 1 is 1.50 bits per heavy atom. The molecule has 9 nitrogen and oxygen atoms in total. The van der Waals surface area contributed by atoms with Gasteiger partial charge in [0.25, 0.3) is 5.91 Å². The summed E-state index contributed by atoms with van der Waals surface area (Å²) in [7, 11) is 0. The summed E-state index contributed by atoms with van der Waals surface area (Å²) in [4.78, 5) is 32.4. The topological polar surface area (TPSA) is 133 Å². The molecule has 1 rings (SSSR count). The second-order valence-electron chi connectivity index (χ2n) is 3.75. The first-order valence-electron chi connectivity index (χ1n) is 5.06. The van der Waals surface area contributed by atoms with Crippen molar-refractivity contribution < 1.29 is 14.5 Å². The number of hydrogen-bond acceptors (Lipinski definition) is 5. The highest BCUT2D eigenvalue weighted by Gasteiger charge is 2.27. The number of aryl methyl sites for hydroxylation is 1. The number of nitrogens with two attached hydrogens (primary N) is 1. The van der Waals surface area contributed by atoms with Crippen LogP contribution >= 0.6 is 0 Å². The molecule has 0 spiro atoms. The lowest BCUT2D eigenvalue weighted by Gasteiger charge is -2.11. The molecule has 0 unspecified atom stereocenters. The van der Waals surface area contributed by atoms with Crippen molar-refractivity contribution in [1.29, 1.82) is 0 Å². The summed E-state index contributed by atoms with van der Waals surface area (Å²) in [5.74, 6) is -0.678. The van der Waals surface area contributed by atoms with Crippen molar-refractivity contribution in [2.45, 2.75) is 26.8 Å². The van der Waals surface area contributed by atoms with Gasteiger partial charge in [-0.1, -0.05) is 0 Å². The Hall–Kier alpha value is -2.45. The number of amides is 3. The molecule has 18 heavy (non-hydrogen) atoms. The summed E-state index contributed by atoms with van der Waals surface area (Å²) in [5, 5.41) is 16.6. The maximum Gasteiger partial charge on any atom is 0.318 e. The van der Waals surface area contributed by atoms with Crippen LogP contribution in [-0.4, -0.2) is 26.6 Å². The number of imide groups is 1. The van der Waals surface area contributed by atoms with Gasteiger partial charge in [0.05, 0.1) is 4.92 Å². The molecule has 0 aliphatic carbocycles. The Balaban J connectivity index is 3.11. The van der Waals surface area contributed by atoms with Gasteiger partial charge in [0.15, 0.2) is 0 Å². The molecule has 98 valence electrons. The predicted octanol–water partition coefficient (Wildman–Crippen LogP) is 0.164. The monoisotopic (exact) mass is 255 g/mol. The van der Waals surface area contributed by atoms with Gasteiger partial charge in [0.2, 0.25) is 0 Å². The van der Waals surface area contributed by atoms with Crippen LogP contribution in [0.4, 0.5) is 10.5 Å². The fourth-order valence-electron chi connectivity index (χ4n) is 1.63. The van der Waals surface area contributed by atoms with Crippen LogP contribution in [0.2, 0.25) is 0 Å². The van der Waals surface area contributed by atoms with E-state index in [9.17, 15) is 19.7 Å². The van der Waals surface area contributed by atoms with Gasteiger partial charge in [-0.3, -0.25) is 24.9 Å². The van der Waals surface area contributed by atoms with E-state index in [0.29, 0.717) is 0 Å². The van der Waals surface area contributed by atoms with Crippen molar-refractivity contribution in [2.75, 3.05) is 0 Å². The fraction of sp³-hybridized carbons (Fsp3) is 0.444. The molecule has 1 atom stereocenters. The van der Waals surface area contributed by atoms with E-state index < -0.39 is 22.9 Å². The van der Waals surface area contributed by atoms with Crippen LogP contribution in [0.25, 0.3) is 0 Å². The SMILES string of the molecule is Cc1nn([C@H](C)C(=O)NC(N)=O)c(C)c1[N+](=O)[O-]. The van der Waals surface area contributed by atoms with Gasteiger partial charge in [-0.05, 0) is 20.8 Å². The van der Waals surface area contributed by atoms with E-state index in [-0.39, 0.29) is 17.1 Å². The molecule has 0 radical (unpaired) electrons.